The van der Waals surface area contributed by atoms with Gasteiger partial charge in [0.05, 0.1) is 5.56 Å². The number of rotatable bonds is 6. The van der Waals surface area contributed by atoms with Gasteiger partial charge in [-0.2, -0.15) is 0 Å². The van der Waals surface area contributed by atoms with Crippen LogP contribution in [0.25, 0.3) is 0 Å². The maximum Gasteiger partial charge on any atom is 0.338 e. The van der Waals surface area contributed by atoms with Crippen molar-refractivity contribution in [1.29, 1.82) is 0 Å². The highest BCUT2D eigenvalue weighted by Crippen LogP contribution is 2.23. The number of anilines is 1. The van der Waals surface area contributed by atoms with Crippen LogP contribution in [-0.2, 0) is 17.8 Å². The summed E-state index contributed by atoms with van der Waals surface area (Å²) < 4.78 is 4.96. The van der Waals surface area contributed by atoms with E-state index in [4.69, 9.17) is 4.74 Å². The number of nitrogens with one attached hydrogen (secondary N) is 1. The Hall–Kier alpha value is -2.69. The van der Waals surface area contributed by atoms with Crippen LogP contribution < -0.4 is 5.32 Å². The molecule has 5 heteroatoms. The summed E-state index contributed by atoms with van der Waals surface area (Å²) in [6.45, 7) is 2.43. The minimum Gasteiger partial charge on any atom is -0.457 e. The Morgan fingerprint density at radius 2 is 2.12 bits per heavy atom. The van der Waals surface area contributed by atoms with Gasteiger partial charge < -0.3 is 10.1 Å². The van der Waals surface area contributed by atoms with Crippen molar-refractivity contribution < 1.29 is 14.3 Å². The van der Waals surface area contributed by atoms with Crippen molar-refractivity contribution >= 4 is 17.6 Å². The van der Waals surface area contributed by atoms with Gasteiger partial charge in [0.2, 0.25) is 0 Å². The van der Waals surface area contributed by atoms with E-state index in [0.717, 1.165) is 24.0 Å². The Kier molecular flexibility index (Phi) is 4.89. The minimum absolute atomic E-state index is 0.253. The lowest BCUT2D eigenvalue weighted by atomic mass is 10.1. The molecule has 0 radical (unpaired) electrons. The van der Waals surface area contributed by atoms with Crippen molar-refractivity contribution in [2.45, 2.75) is 39.2 Å². The molecule has 1 amide bonds. The molecule has 3 rings (SSSR count). The summed E-state index contributed by atoms with van der Waals surface area (Å²) in [4.78, 5) is 28.0. The number of hydrogen-bond donors (Lipinski definition) is 1. The molecular weight excluding hydrogens is 304 g/mol. The number of carbonyl (C=O) groups excluding carboxylic acids is 2. The molecule has 0 saturated heterocycles. The molecule has 24 heavy (non-hydrogen) atoms. The van der Waals surface area contributed by atoms with Crippen LogP contribution in [-0.4, -0.2) is 16.9 Å². The fraction of sp³-hybridized carbons (Fsp3) is 0.316. The predicted octanol–water partition coefficient (Wildman–Crippen LogP) is 3.74. The number of ether oxygens (including phenoxy) is 1. The molecule has 124 valence electrons. The molecule has 0 spiro atoms. The quantitative estimate of drug-likeness (QED) is 0.649. The molecule has 1 aromatic carbocycles. The molecule has 0 aliphatic carbocycles. The number of aromatic nitrogens is 1. The molecule has 1 aromatic heterocycles. The summed E-state index contributed by atoms with van der Waals surface area (Å²) in [6, 6.07) is 8.83. The lowest BCUT2D eigenvalue weighted by molar-refractivity contribution is 0.0535. The third-order valence-electron chi connectivity index (χ3n) is 4.07. The van der Waals surface area contributed by atoms with E-state index in [0.29, 0.717) is 16.9 Å². The molecule has 1 aliphatic heterocycles. The van der Waals surface area contributed by atoms with Crippen LogP contribution in [0, 0.1) is 0 Å². The first kappa shape index (κ1) is 16.2. The van der Waals surface area contributed by atoms with Gasteiger partial charge in [0.15, 0.2) is 0 Å². The van der Waals surface area contributed by atoms with E-state index in [2.05, 4.69) is 17.2 Å². The lowest BCUT2D eigenvalue weighted by Gasteiger charge is -2.07. The Morgan fingerprint density at radius 3 is 2.88 bits per heavy atom. The van der Waals surface area contributed by atoms with E-state index in [1.54, 1.807) is 30.5 Å². The Morgan fingerprint density at radius 1 is 1.25 bits per heavy atom. The van der Waals surface area contributed by atoms with Crippen LogP contribution in [0.5, 0.6) is 0 Å². The van der Waals surface area contributed by atoms with Crippen LogP contribution in [0.15, 0.2) is 36.5 Å². The monoisotopic (exact) mass is 324 g/mol. The van der Waals surface area contributed by atoms with Gasteiger partial charge in [-0.3, -0.25) is 9.78 Å². The number of carbonyl (C=O) groups is 2. The van der Waals surface area contributed by atoms with Gasteiger partial charge in [-0.25, -0.2) is 4.79 Å². The van der Waals surface area contributed by atoms with Crippen LogP contribution in [0.3, 0.4) is 0 Å². The number of fused-ring (bicyclic) bond motifs is 1. The Balaban J connectivity index is 1.63. The summed E-state index contributed by atoms with van der Waals surface area (Å²) >= 11 is 0. The average molecular weight is 324 g/mol. The molecule has 1 N–H and O–H groups in total. The smallest absolute Gasteiger partial charge is 0.338 e. The second-order valence-corrected chi connectivity index (χ2v) is 5.91. The van der Waals surface area contributed by atoms with Gasteiger partial charge in [0.25, 0.3) is 5.91 Å². The second kappa shape index (κ2) is 7.25. The van der Waals surface area contributed by atoms with Crippen molar-refractivity contribution in [3.8, 4) is 0 Å². The van der Waals surface area contributed by atoms with Crippen molar-refractivity contribution in [2.24, 2.45) is 0 Å². The number of nitrogens with zero attached hydrogens (tertiary/aromatic N) is 1. The summed E-state index contributed by atoms with van der Waals surface area (Å²) in [5.41, 5.74) is 3.50. The second-order valence-electron chi connectivity index (χ2n) is 5.91. The van der Waals surface area contributed by atoms with E-state index in [9.17, 15) is 9.59 Å². The van der Waals surface area contributed by atoms with Gasteiger partial charge in [-0.15, -0.1) is 0 Å². The number of hydrogen-bond acceptors (Lipinski definition) is 4. The summed E-state index contributed by atoms with van der Waals surface area (Å²) in [5, 5.41) is 2.81. The van der Waals surface area contributed by atoms with Crippen LogP contribution in [0.1, 0.15) is 58.2 Å². The zero-order valence-electron chi connectivity index (χ0n) is 13.7. The van der Waals surface area contributed by atoms with Crippen molar-refractivity contribution in [1.82, 2.24) is 4.98 Å². The number of benzene rings is 1. The Labute approximate surface area is 141 Å². The van der Waals surface area contributed by atoms with Gasteiger partial charge in [-0.1, -0.05) is 25.8 Å². The SMILES string of the molecule is CCCCCc1ccc(C(=O)Nc2ccc3c(c2)COC3=O)nc1. The molecule has 2 heterocycles. The first-order chi connectivity index (χ1) is 11.7. The van der Waals surface area contributed by atoms with E-state index in [1.165, 1.54) is 12.8 Å². The van der Waals surface area contributed by atoms with Crippen LogP contribution in [0.2, 0.25) is 0 Å². The number of cyclic esters (lactones) is 1. The van der Waals surface area contributed by atoms with E-state index in [-0.39, 0.29) is 18.5 Å². The third-order valence-corrected chi connectivity index (χ3v) is 4.07. The largest absolute Gasteiger partial charge is 0.457 e. The number of pyridine rings is 1. The number of unbranched alkanes of at least 4 members (excludes halogenated alkanes) is 2. The molecule has 0 saturated carbocycles. The fourth-order valence-electron chi connectivity index (χ4n) is 2.69. The first-order valence-electron chi connectivity index (χ1n) is 8.23. The molecule has 2 aromatic rings. The number of esters is 1. The molecule has 0 atom stereocenters. The lowest BCUT2D eigenvalue weighted by Crippen LogP contribution is -2.14. The summed E-state index contributed by atoms with van der Waals surface area (Å²) in [6.07, 6.45) is 6.28. The zero-order valence-corrected chi connectivity index (χ0v) is 13.7. The van der Waals surface area contributed by atoms with Gasteiger partial charge in [-0.05, 0) is 42.7 Å². The first-order valence-corrected chi connectivity index (χ1v) is 8.23. The molecular formula is C19H20N2O3. The molecule has 5 nitrogen and oxygen atoms in total. The average Bonchev–Trinajstić information content (AvgIpc) is 2.96. The van der Waals surface area contributed by atoms with Gasteiger partial charge >= 0.3 is 5.97 Å². The topological polar surface area (TPSA) is 68.3 Å². The highest BCUT2D eigenvalue weighted by Gasteiger charge is 2.21. The maximum absolute atomic E-state index is 12.3. The predicted molar refractivity (Wildman–Crippen MR) is 91.0 cm³/mol. The van der Waals surface area contributed by atoms with Crippen molar-refractivity contribution in [3.63, 3.8) is 0 Å². The molecule has 0 bridgehead atoms. The zero-order chi connectivity index (χ0) is 16.9. The van der Waals surface area contributed by atoms with E-state index < -0.39 is 0 Å². The van der Waals surface area contributed by atoms with E-state index >= 15 is 0 Å². The van der Waals surface area contributed by atoms with Crippen molar-refractivity contribution in [3.05, 3.63) is 58.9 Å². The highest BCUT2D eigenvalue weighted by atomic mass is 16.5. The van der Waals surface area contributed by atoms with Crippen LogP contribution >= 0.6 is 0 Å². The normalized spacial score (nSPS) is 12.6. The summed E-state index contributed by atoms with van der Waals surface area (Å²) in [5.74, 6) is -0.580. The van der Waals surface area contributed by atoms with E-state index in [1.807, 2.05) is 6.07 Å². The Bertz CT molecular complexity index is 754. The molecule has 1 aliphatic rings. The third kappa shape index (κ3) is 3.62. The number of aryl methyl sites for hydroxylation is 1. The summed E-state index contributed by atoms with van der Waals surface area (Å²) in [7, 11) is 0. The standard InChI is InChI=1S/C19H20N2O3/c1-2-3-4-5-13-6-9-17(20-11-13)18(22)21-15-7-8-16-14(10-15)12-24-19(16)23/h6-11H,2-5,12H2,1H3,(H,21,22). The molecule has 0 unspecified atom stereocenters. The van der Waals surface area contributed by atoms with Gasteiger partial charge in [0.1, 0.15) is 12.3 Å². The van der Waals surface area contributed by atoms with Crippen LogP contribution in [0.4, 0.5) is 5.69 Å². The minimum atomic E-state index is -0.316. The van der Waals surface area contributed by atoms with Gasteiger partial charge in [0, 0.05) is 17.4 Å². The van der Waals surface area contributed by atoms with Crippen molar-refractivity contribution in [2.75, 3.05) is 5.32 Å². The highest BCUT2D eigenvalue weighted by molar-refractivity contribution is 6.03. The fourth-order valence-corrected chi connectivity index (χ4v) is 2.69. The maximum atomic E-state index is 12.3. The number of amides is 1. The molecule has 0 fully saturated rings.